The molecule has 0 N–H and O–H groups in total. The van der Waals surface area contributed by atoms with Crippen LogP contribution >= 0.6 is 0 Å². The Bertz CT molecular complexity index is 968. The lowest BCUT2D eigenvalue weighted by atomic mass is 9.89. The number of rotatable bonds is 6. The van der Waals surface area contributed by atoms with E-state index in [0.717, 1.165) is 0 Å². The quantitative estimate of drug-likeness (QED) is 0.247. The van der Waals surface area contributed by atoms with Gasteiger partial charge < -0.3 is 4.74 Å². The van der Waals surface area contributed by atoms with Crippen LogP contribution in [0.3, 0.4) is 0 Å². The van der Waals surface area contributed by atoms with Gasteiger partial charge in [-0.15, -0.1) is 0 Å². The molecule has 2 rings (SSSR count). The predicted octanol–water partition coefficient (Wildman–Crippen LogP) is 5.36. The summed E-state index contributed by atoms with van der Waals surface area (Å²) in [5.41, 5.74) is -0.750. The predicted molar refractivity (Wildman–Crippen MR) is 117 cm³/mol. The third-order valence-corrected chi connectivity index (χ3v) is 7.02. The first-order chi connectivity index (χ1) is 14.6. The number of aromatic nitrogens is 2. The van der Waals surface area contributed by atoms with E-state index in [2.05, 4.69) is 9.97 Å². The van der Waals surface area contributed by atoms with Crippen molar-refractivity contribution in [1.29, 1.82) is 0 Å². The fourth-order valence-corrected chi connectivity index (χ4v) is 4.91. The second kappa shape index (κ2) is 9.29. The number of esters is 1. The van der Waals surface area contributed by atoms with Crippen molar-refractivity contribution in [1.82, 2.24) is 9.97 Å². The molecule has 0 amide bonds. The van der Waals surface area contributed by atoms with Crippen molar-refractivity contribution >= 4 is 19.2 Å². The van der Waals surface area contributed by atoms with Gasteiger partial charge >= 0.3 is 5.97 Å². The Morgan fingerprint density at radius 2 is 1.44 bits per heavy atom. The highest BCUT2D eigenvalue weighted by Gasteiger charge is 2.34. The Morgan fingerprint density at radius 1 is 0.969 bits per heavy atom. The monoisotopic (exact) mass is 470 g/mol. The lowest BCUT2D eigenvalue weighted by molar-refractivity contribution is -0.148. The smallest absolute Gasteiger partial charge is 0.314 e. The molecule has 0 saturated heterocycles. The number of carbonyl (C=O) groups excluding carboxylic acids is 1. The normalized spacial score (nSPS) is 13.4. The topological polar surface area (TPSA) is 52.1 Å². The van der Waals surface area contributed by atoms with Crippen LogP contribution in [-0.4, -0.2) is 24.0 Å². The number of carbonyl (C=O) groups is 1. The van der Waals surface area contributed by atoms with E-state index in [1.54, 1.807) is 33.5 Å². The number of hydrogen-bond donors (Lipinski definition) is 0. The Hall–Kier alpha value is -2.29. The second-order valence-electron chi connectivity index (χ2n) is 10.3. The van der Waals surface area contributed by atoms with Crippen LogP contribution < -0.4 is 5.19 Å². The van der Waals surface area contributed by atoms with Crippen molar-refractivity contribution in [3.05, 3.63) is 52.6 Å². The summed E-state index contributed by atoms with van der Waals surface area (Å²) < 4.78 is 63.2. The molecule has 1 unspecified atom stereocenters. The van der Waals surface area contributed by atoms with Crippen LogP contribution in [0.5, 0.6) is 0 Å². The van der Waals surface area contributed by atoms with Gasteiger partial charge in [0, 0.05) is 28.6 Å². The van der Waals surface area contributed by atoms with Crippen molar-refractivity contribution in [2.75, 3.05) is 0 Å². The number of halogens is 4. The molecule has 4 nitrogen and oxygen atoms in total. The minimum Gasteiger partial charge on any atom is -0.460 e. The molecule has 0 spiro atoms. The molecular weight excluding hydrogens is 440 g/mol. The van der Waals surface area contributed by atoms with Gasteiger partial charge in [-0.25, -0.2) is 27.5 Å². The minimum atomic E-state index is -2.70. The van der Waals surface area contributed by atoms with E-state index >= 15 is 0 Å². The first-order valence-electron chi connectivity index (χ1n) is 10.4. The fourth-order valence-electron chi connectivity index (χ4n) is 3.37. The van der Waals surface area contributed by atoms with Gasteiger partial charge in [-0.05, 0) is 5.92 Å². The van der Waals surface area contributed by atoms with Crippen LogP contribution in [0.15, 0.2) is 12.4 Å². The van der Waals surface area contributed by atoms with E-state index in [4.69, 9.17) is 4.74 Å². The Balaban J connectivity index is 2.32. The van der Waals surface area contributed by atoms with Crippen LogP contribution in [0.4, 0.5) is 17.6 Å². The van der Waals surface area contributed by atoms with Gasteiger partial charge in [-0.1, -0.05) is 54.3 Å². The van der Waals surface area contributed by atoms with Crippen molar-refractivity contribution in [2.24, 2.45) is 5.92 Å². The molecule has 1 aromatic carbocycles. The summed E-state index contributed by atoms with van der Waals surface area (Å²) in [7, 11) is -2.70. The third-order valence-electron chi connectivity index (χ3n) is 5.09. The molecule has 1 heterocycles. The molecule has 9 heteroatoms. The second-order valence-corrected chi connectivity index (χ2v) is 15.3. The van der Waals surface area contributed by atoms with E-state index in [9.17, 15) is 22.4 Å². The molecule has 176 valence electrons. The lowest BCUT2D eigenvalue weighted by Gasteiger charge is -2.22. The van der Waals surface area contributed by atoms with Crippen LogP contribution in [0.2, 0.25) is 19.6 Å². The van der Waals surface area contributed by atoms with E-state index in [1.165, 1.54) is 12.4 Å². The maximum atomic E-state index is 14.6. The first kappa shape index (κ1) is 26.0. The summed E-state index contributed by atoms with van der Waals surface area (Å²) >= 11 is 0. The van der Waals surface area contributed by atoms with Crippen molar-refractivity contribution < 1.29 is 27.1 Å². The Kier molecular flexibility index (Phi) is 7.54. The summed E-state index contributed by atoms with van der Waals surface area (Å²) in [4.78, 5) is 21.4. The molecule has 0 aliphatic rings. The molecule has 0 radical (unpaired) electrons. The summed E-state index contributed by atoms with van der Waals surface area (Å²) in [6.07, 6.45) is 3.03. The number of hydrogen-bond acceptors (Lipinski definition) is 4. The van der Waals surface area contributed by atoms with Gasteiger partial charge in [0.15, 0.2) is 23.3 Å². The molecule has 2 aromatic rings. The van der Waals surface area contributed by atoms with Crippen LogP contribution in [-0.2, 0) is 21.6 Å². The summed E-state index contributed by atoms with van der Waals surface area (Å²) in [6.45, 7) is 13.2. The number of ether oxygens (including phenoxy) is 1. The van der Waals surface area contributed by atoms with Crippen LogP contribution in [0.1, 0.15) is 57.5 Å². The average Bonchev–Trinajstić information content (AvgIpc) is 2.65. The van der Waals surface area contributed by atoms with Gasteiger partial charge in [0.25, 0.3) is 0 Å². The molecule has 1 atom stereocenters. The molecule has 0 aliphatic carbocycles. The van der Waals surface area contributed by atoms with Crippen molar-refractivity contribution in [3.63, 3.8) is 0 Å². The van der Waals surface area contributed by atoms with Crippen molar-refractivity contribution in [2.45, 2.75) is 72.2 Å². The highest BCUT2D eigenvalue weighted by molar-refractivity contribution is 6.88. The highest BCUT2D eigenvalue weighted by Crippen LogP contribution is 2.28. The van der Waals surface area contributed by atoms with Gasteiger partial charge in [0.1, 0.15) is 12.4 Å². The van der Waals surface area contributed by atoms with Gasteiger partial charge in [-0.2, -0.15) is 0 Å². The summed E-state index contributed by atoms with van der Waals surface area (Å²) in [6, 6.07) is 0. The van der Waals surface area contributed by atoms with Crippen LogP contribution in [0.25, 0.3) is 0 Å². The Morgan fingerprint density at radius 3 is 1.81 bits per heavy atom. The first-order valence-corrected chi connectivity index (χ1v) is 13.9. The summed E-state index contributed by atoms with van der Waals surface area (Å²) in [5.74, 6) is -7.19. The van der Waals surface area contributed by atoms with E-state index in [-0.39, 0.29) is 11.3 Å². The van der Waals surface area contributed by atoms with Crippen LogP contribution in [0, 0.1) is 29.2 Å². The highest BCUT2D eigenvalue weighted by atomic mass is 28.3. The zero-order chi connectivity index (χ0) is 24.6. The SMILES string of the molecule is CC(C)C(C(=O)OCc1c(F)c(F)c([Si](C)(C)C)c(F)c1F)c1cnc(C(C)(C)C)nc1. The lowest BCUT2D eigenvalue weighted by Crippen LogP contribution is -2.44. The minimum absolute atomic E-state index is 0.246. The molecule has 0 bridgehead atoms. The fraction of sp³-hybridized carbons (Fsp3) is 0.522. The van der Waals surface area contributed by atoms with E-state index in [1.807, 2.05) is 20.8 Å². The molecule has 0 fully saturated rings. The van der Waals surface area contributed by atoms with Gasteiger partial charge in [-0.3, -0.25) is 4.79 Å². The van der Waals surface area contributed by atoms with Crippen molar-refractivity contribution in [3.8, 4) is 0 Å². The molecule has 1 aromatic heterocycles. The zero-order valence-corrected chi connectivity index (χ0v) is 20.7. The van der Waals surface area contributed by atoms with Gasteiger partial charge in [0.05, 0.1) is 19.6 Å². The summed E-state index contributed by atoms with van der Waals surface area (Å²) in [5, 5.41) is -0.557. The maximum absolute atomic E-state index is 14.6. The maximum Gasteiger partial charge on any atom is 0.314 e. The molecule has 0 saturated carbocycles. The number of nitrogens with zero attached hydrogens (tertiary/aromatic N) is 2. The van der Waals surface area contributed by atoms with Gasteiger partial charge in [0.2, 0.25) is 0 Å². The average molecular weight is 471 g/mol. The molecule has 0 aliphatic heterocycles. The molecular formula is C23H30F4N2O2Si. The standard InChI is InChI=1S/C23H30F4N2O2Si/c1-12(2)15(13-9-28-22(29-10-13)23(3,4)5)21(30)31-11-14-16(24)18(26)20(32(6,7)8)19(27)17(14)25/h9-10,12,15H,11H2,1-8H3. The third kappa shape index (κ3) is 5.36. The molecule has 32 heavy (non-hydrogen) atoms. The Labute approximate surface area is 187 Å². The largest absolute Gasteiger partial charge is 0.460 e. The zero-order valence-electron chi connectivity index (χ0n) is 19.7. The van der Waals surface area contributed by atoms with E-state index < -0.39 is 60.6 Å². The number of benzene rings is 1. The van der Waals surface area contributed by atoms with E-state index in [0.29, 0.717) is 11.4 Å².